The van der Waals surface area contributed by atoms with Gasteiger partial charge in [0.1, 0.15) is 11.6 Å². The number of aromatic hydroxyl groups is 1. The molecule has 0 aliphatic rings. The second kappa shape index (κ2) is 5.23. The van der Waals surface area contributed by atoms with Crippen molar-refractivity contribution in [3.63, 3.8) is 0 Å². The van der Waals surface area contributed by atoms with Crippen molar-refractivity contribution in [3.05, 3.63) is 40.3 Å². The van der Waals surface area contributed by atoms with E-state index in [4.69, 9.17) is 9.84 Å². The van der Waals surface area contributed by atoms with E-state index < -0.39 is 0 Å². The van der Waals surface area contributed by atoms with Crippen LogP contribution in [0, 0.1) is 0 Å². The number of benzene rings is 1. The number of ether oxygens (including phenoxy) is 1. The topological polar surface area (TPSA) is 58.1 Å². The van der Waals surface area contributed by atoms with Crippen LogP contribution in [0.2, 0.25) is 0 Å². The summed E-state index contributed by atoms with van der Waals surface area (Å²) in [5.41, 5.74) is 1.19. The van der Waals surface area contributed by atoms with Crippen molar-refractivity contribution < 1.29 is 9.84 Å². The number of nitrogens with zero attached hydrogens (tertiary/aromatic N) is 1. The Kier molecular flexibility index (Phi) is 3.68. The Labute approximate surface area is 108 Å². The van der Waals surface area contributed by atoms with Gasteiger partial charge in [0.25, 0.3) is 0 Å². The lowest BCUT2D eigenvalue weighted by molar-refractivity contribution is 0.412. The monoisotopic (exact) mass is 296 g/mol. The number of H-pyrrole nitrogens is 1. The fraction of sp³-hybridized carbons (Fsp3) is 0.250. The van der Waals surface area contributed by atoms with Gasteiger partial charge in [0.05, 0.1) is 17.8 Å². The third-order valence-electron chi connectivity index (χ3n) is 2.48. The summed E-state index contributed by atoms with van der Waals surface area (Å²) < 4.78 is 6.11. The van der Waals surface area contributed by atoms with Crippen LogP contribution in [0.1, 0.15) is 11.4 Å². The lowest BCUT2D eigenvalue weighted by Crippen LogP contribution is -1.94. The number of hydrogen-bond donors (Lipinski definition) is 2. The summed E-state index contributed by atoms with van der Waals surface area (Å²) in [6.45, 7) is 0. The van der Waals surface area contributed by atoms with Crippen molar-refractivity contribution in [1.82, 2.24) is 9.97 Å². The highest BCUT2D eigenvalue weighted by atomic mass is 79.9. The van der Waals surface area contributed by atoms with Crippen molar-refractivity contribution in [3.8, 4) is 11.6 Å². The molecular formula is C12H13BrN2O2. The zero-order chi connectivity index (χ0) is 12.3. The molecule has 0 radical (unpaired) electrons. The smallest absolute Gasteiger partial charge is 0.208 e. The highest BCUT2D eigenvalue weighted by Crippen LogP contribution is 2.25. The average Bonchev–Trinajstić information content (AvgIpc) is 2.73. The number of rotatable bonds is 4. The van der Waals surface area contributed by atoms with Crippen LogP contribution in [0.3, 0.4) is 0 Å². The van der Waals surface area contributed by atoms with E-state index in [0.29, 0.717) is 0 Å². The molecule has 0 bridgehead atoms. The Bertz CT molecular complexity index is 511. The summed E-state index contributed by atoms with van der Waals surface area (Å²) >= 11 is 3.45. The molecule has 2 N–H and O–H groups in total. The van der Waals surface area contributed by atoms with Crippen LogP contribution < -0.4 is 4.74 Å². The fourth-order valence-corrected chi connectivity index (χ4v) is 2.19. The fourth-order valence-electron chi connectivity index (χ4n) is 1.61. The van der Waals surface area contributed by atoms with Gasteiger partial charge >= 0.3 is 0 Å². The van der Waals surface area contributed by atoms with Gasteiger partial charge in [-0.2, -0.15) is 0 Å². The molecule has 5 heteroatoms. The molecular weight excluding hydrogens is 284 g/mol. The van der Waals surface area contributed by atoms with Gasteiger partial charge in [-0.25, -0.2) is 4.98 Å². The van der Waals surface area contributed by atoms with Gasteiger partial charge in [0, 0.05) is 6.42 Å². The van der Waals surface area contributed by atoms with Gasteiger partial charge < -0.3 is 14.8 Å². The molecule has 0 saturated carbocycles. The van der Waals surface area contributed by atoms with Crippen LogP contribution >= 0.6 is 15.9 Å². The number of hydrogen-bond acceptors (Lipinski definition) is 3. The standard InChI is InChI=1S/C12H13BrN2O2/c1-17-10-4-2-8(6-9(10)13)3-5-11-14-7-12(16)15-11/h2,4,6-7,16H,3,5H2,1H3,(H,14,15). The second-order valence-corrected chi connectivity index (χ2v) is 4.54. The summed E-state index contributed by atoms with van der Waals surface area (Å²) in [5, 5.41) is 9.12. The summed E-state index contributed by atoms with van der Waals surface area (Å²) in [7, 11) is 1.64. The van der Waals surface area contributed by atoms with Crippen LogP contribution in [0.5, 0.6) is 11.6 Å². The van der Waals surface area contributed by atoms with Gasteiger partial charge in [-0.1, -0.05) is 6.07 Å². The molecule has 90 valence electrons. The molecule has 1 heterocycles. The third-order valence-corrected chi connectivity index (χ3v) is 3.10. The third kappa shape index (κ3) is 3.00. The predicted molar refractivity (Wildman–Crippen MR) is 68.4 cm³/mol. The van der Waals surface area contributed by atoms with Gasteiger partial charge in [-0.05, 0) is 40.0 Å². The highest BCUT2D eigenvalue weighted by Gasteiger charge is 2.03. The Morgan fingerprint density at radius 3 is 2.82 bits per heavy atom. The van der Waals surface area contributed by atoms with Crippen LogP contribution in [-0.4, -0.2) is 22.2 Å². The van der Waals surface area contributed by atoms with E-state index in [0.717, 1.165) is 28.9 Å². The Hall–Kier alpha value is -1.49. The number of halogens is 1. The van der Waals surface area contributed by atoms with Gasteiger partial charge in [-0.3, -0.25) is 0 Å². The van der Waals surface area contributed by atoms with E-state index in [9.17, 15) is 0 Å². The number of aryl methyl sites for hydroxylation is 2. The van der Waals surface area contributed by atoms with E-state index in [2.05, 4.69) is 25.9 Å². The Morgan fingerprint density at radius 2 is 2.24 bits per heavy atom. The zero-order valence-corrected chi connectivity index (χ0v) is 11.0. The van der Waals surface area contributed by atoms with Crippen LogP contribution in [0.25, 0.3) is 0 Å². The maximum absolute atomic E-state index is 9.12. The predicted octanol–water partition coefficient (Wildman–Crippen LogP) is 2.67. The second-order valence-electron chi connectivity index (χ2n) is 3.68. The lowest BCUT2D eigenvalue weighted by atomic mass is 10.1. The summed E-state index contributed by atoms with van der Waals surface area (Å²) in [4.78, 5) is 6.84. The zero-order valence-electron chi connectivity index (χ0n) is 9.40. The van der Waals surface area contributed by atoms with E-state index in [1.807, 2.05) is 18.2 Å². The minimum atomic E-state index is 0.107. The van der Waals surface area contributed by atoms with E-state index in [-0.39, 0.29) is 5.88 Å². The maximum Gasteiger partial charge on any atom is 0.208 e. The van der Waals surface area contributed by atoms with Gasteiger partial charge in [0.2, 0.25) is 5.88 Å². The molecule has 17 heavy (non-hydrogen) atoms. The maximum atomic E-state index is 9.12. The van der Waals surface area contributed by atoms with Crippen molar-refractivity contribution in [1.29, 1.82) is 0 Å². The molecule has 0 atom stereocenters. The van der Waals surface area contributed by atoms with Crippen molar-refractivity contribution in [2.24, 2.45) is 0 Å². The first kappa shape index (κ1) is 12.0. The number of nitrogens with one attached hydrogen (secondary N) is 1. The molecule has 0 aliphatic carbocycles. The van der Waals surface area contributed by atoms with E-state index >= 15 is 0 Å². The minimum absolute atomic E-state index is 0.107. The van der Waals surface area contributed by atoms with Crippen molar-refractivity contribution in [2.75, 3.05) is 7.11 Å². The largest absolute Gasteiger partial charge is 0.496 e. The summed E-state index contributed by atoms with van der Waals surface area (Å²) in [5.74, 6) is 1.72. The van der Waals surface area contributed by atoms with Gasteiger partial charge in [-0.15, -0.1) is 0 Å². The van der Waals surface area contributed by atoms with Crippen molar-refractivity contribution in [2.45, 2.75) is 12.8 Å². The molecule has 1 aromatic carbocycles. The van der Waals surface area contributed by atoms with E-state index in [1.165, 1.54) is 11.8 Å². The molecule has 1 aromatic heterocycles. The first-order chi connectivity index (χ1) is 8.19. The molecule has 0 saturated heterocycles. The molecule has 0 amide bonds. The SMILES string of the molecule is COc1ccc(CCc2ncc(O)[nH]2)cc1Br. The molecule has 0 fully saturated rings. The number of imidazole rings is 1. The molecule has 0 spiro atoms. The van der Waals surface area contributed by atoms with Crippen molar-refractivity contribution >= 4 is 15.9 Å². The number of methoxy groups -OCH3 is 1. The minimum Gasteiger partial charge on any atom is -0.496 e. The molecule has 0 aliphatic heterocycles. The normalized spacial score (nSPS) is 10.5. The first-order valence-electron chi connectivity index (χ1n) is 5.24. The summed E-state index contributed by atoms with van der Waals surface area (Å²) in [6, 6.07) is 5.98. The lowest BCUT2D eigenvalue weighted by Gasteiger charge is -2.05. The first-order valence-corrected chi connectivity index (χ1v) is 6.03. The number of aromatic nitrogens is 2. The van der Waals surface area contributed by atoms with E-state index in [1.54, 1.807) is 7.11 Å². The highest BCUT2D eigenvalue weighted by molar-refractivity contribution is 9.10. The Balaban J connectivity index is 2.02. The number of aromatic amines is 1. The molecule has 0 unspecified atom stereocenters. The van der Waals surface area contributed by atoms with Crippen LogP contribution in [0.15, 0.2) is 28.9 Å². The molecule has 2 rings (SSSR count). The summed E-state index contributed by atoms with van der Waals surface area (Å²) in [6.07, 6.45) is 3.04. The quantitative estimate of drug-likeness (QED) is 0.912. The van der Waals surface area contributed by atoms with Gasteiger partial charge in [0.15, 0.2) is 0 Å². The van der Waals surface area contributed by atoms with Crippen LogP contribution in [0.4, 0.5) is 0 Å². The molecule has 4 nitrogen and oxygen atoms in total. The van der Waals surface area contributed by atoms with Crippen LogP contribution in [-0.2, 0) is 12.8 Å². The Morgan fingerprint density at radius 1 is 1.41 bits per heavy atom. The molecule has 2 aromatic rings. The average molecular weight is 297 g/mol.